The zero-order chi connectivity index (χ0) is 15.5. The van der Waals surface area contributed by atoms with E-state index in [2.05, 4.69) is 9.98 Å². The minimum Gasteiger partial charge on any atom is -0.468 e. The highest BCUT2D eigenvalue weighted by molar-refractivity contribution is 6.19. The summed E-state index contributed by atoms with van der Waals surface area (Å²) < 4.78 is 4.80. The van der Waals surface area contributed by atoms with Crippen molar-refractivity contribution in [1.29, 1.82) is 0 Å². The van der Waals surface area contributed by atoms with E-state index in [-0.39, 0.29) is 0 Å². The molecule has 0 bridgehead atoms. The van der Waals surface area contributed by atoms with Crippen molar-refractivity contribution in [2.24, 2.45) is 9.98 Å². The molecule has 1 heterocycles. The van der Waals surface area contributed by atoms with Crippen LogP contribution < -0.4 is 0 Å². The smallest absolute Gasteiger partial charge is 0.329 e. The van der Waals surface area contributed by atoms with Crippen LogP contribution >= 0.6 is 0 Å². The van der Waals surface area contributed by atoms with Gasteiger partial charge in [-0.1, -0.05) is 18.2 Å². The van der Waals surface area contributed by atoms with Crippen molar-refractivity contribution in [3.63, 3.8) is 0 Å². The van der Waals surface area contributed by atoms with Crippen LogP contribution in [0.25, 0.3) is 6.08 Å². The van der Waals surface area contributed by atoms with E-state index in [0.717, 1.165) is 11.1 Å². The number of allylic oxidation sites excluding steroid dienone is 1. The fraction of sp³-hybridized carbons (Fsp3) is 0.250. The molecule has 5 heteroatoms. The number of fused-ring (bicyclic) bond motifs is 1. The number of hydrogen-bond donors (Lipinski definition) is 0. The summed E-state index contributed by atoms with van der Waals surface area (Å²) in [6, 6.07) is 3.71. The predicted molar refractivity (Wildman–Crippen MR) is 82.3 cm³/mol. The largest absolute Gasteiger partial charge is 0.468 e. The molecule has 0 radical (unpaired) electrons. The van der Waals surface area contributed by atoms with Gasteiger partial charge in [-0.2, -0.15) is 0 Å². The lowest BCUT2D eigenvalue weighted by molar-refractivity contribution is -0.146. The van der Waals surface area contributed by atoms with Gasteiger partial charge in [-0.15, -0.1) is 0 Å². The molecule has 0 spiro atoms. The molecule has 0 N–H and O–H groups in total. The lowest BCUT2D eigenvalue weighted by Gasteiger charge is -2.24. The Balaban J connectivity index is 2.78. The Hall–Kier alpha value is -2.56. The van der Waals surface area contributed by atoms with Crippen LogP contribution in [0.1, 0.15) is 23.6 Å². The maximum Gasteiger partial charge on any atom is 0.329 e. The Morgan fingerprint density at radius 2 is 2.14 bits per heavy atom. The van der Waals surface area contributed by atoms with Crippen molar-refractivity contribution in [1.82, 2.24) is 0 Å². The first-order valence-electron chi connectivity index (χ1n) is 6.48. The fourth-order valence-corrected chi connectivity index (χ4v) is 2.50. The lowest BCUT2D eigenvalue weighted by atomic mass is 9.79. The summed E-state index contributed by atoms with van der Waals surface area (Å²) in [7, 11) is 1.25. The quantitative estimate of drug-likeness (QED) is 0.486. The second kappa shape index (κ2) is 5.83. The van der Waals surface area contributed by atoms with E-state index in [0.29, 0.717) is 17.5 Å². The fourth-order valence-electron chi connectivity index (χ4n) is 2.50. The number of hydrogen-bond acceptors (Lipinski definition) is 5. The van der Waals surface area contributed by atoms with Crippen LogP contribution in [-0.2, 0) is 19.7 Å². The Morgan fingerprint density at radius 3 is 2.76 bits per heavy atom. The van der Waals surface area contributed by atoms with Gasteiger partial charge in [0.2, 0.25) is 0 Å². The first-order valence-corrected chi connectivity index (χ1v) is 6.48. The number of aliphatic imine (C=N–C) groups is 2. The number of nitrogens with zero attached hydrogens (tertiary/aromatic N) is 2. The molecule has 1 aromatic carbocycles. The van der Waals surface area contributed by atoms with Crippen molar-refractivity contribution in [2.75, 3.05) is 7.11 Å². The SMILES string of the molecule is C/C=C/c1cc(C)c2c(c1)N=CN=CC2(C=O)C(=O)OC. The third-order valence-electron chi connectivity index (χ3n) is 3.36. The maximum atomic E-state index is 12.2. The first-order chi connectivity index (χ1) is 10.1. The van der Waals surface area contributed by atoms with Gasteiger partial charge in [0, 0.05) is 11.8 Å². The molecule has 1 aliphatic heterocycles. The van der Waals surface area contributed by atoms with Gasteiger partial charge in [0.25, 0.3) is 0 Å². The summed E-state index contributed by atoms with van der Waals surface area (Å²) in [6.07, 6.45) is 6.99. The number of aryl methyl sites for hydroxylation is 1. The van der Waals surface area contributed by atoms with Crippen molar-refractivity contribution < 1.29 is 14.3 Å². The molecule has 1 unspecified atom stereocenters. The van der Waals surface area contributed by atoms with Gasteiger partial charge in [0.15, 0.2) is 5.41 Å². The average Bonchev–Trinajstić information content (AvgIpc) is 2.67. The highest BCUT2D eigenvalue weighted by Gasteiger charge is 2.43. The van der Waals surface area contributed by atoms with Crippen molar-refractivity contribution in [3.05, 3.63) is 34.9 Å². The van der Waals surface area contributed by atoms with E-state index in [4.69, 9.17) is 4.74 Å². The van der Waals surface area contributed by atoms with Crippen LogP contribution in [0.2, 0.25) is 0 Å². The molecule has 1 aromatic rings. The summed E-state index contributed by atoms with van der Waals surface area (Å²) >= 11 is 0. The number of rotatable bonds is 3. The number of aldehydes is 1. The molecule has 21 heavy (non-hydrogen) atoms. The van der Waals surface area contributed by atoms with Crippen LogP contribution in [0.5, 0.6) is 0 Å². The number of carbonyl (C=O) groups is 2. The van der Waals surface area contributed by atoms with E-state index in [1.54, 1.807) is 0 Å². The van der Waals surface area contributed by atoms with E-state index in [9.17, 15) is 9.59 Å². The zero-order valence-corrected chi connectivity index (χ0v) is 12.2. The molecule has 5 nitrogen and oxygen atoms in total. The highest BCUT2D eigenvalue weighted by atomic mass is 16.5. The normalized spacial score (nSPS) is 20.1. The van der Waals surface area contributed by atoms with Crippen LogP contribution in [0.4, 0.5) is 5.69 Å². The van der Waals surface area contributed by atoms with Gasteiger partial charge in [0.05, 0.1) is 12.8 Å². The third kappa shape index (κ3) is 2.42. The van der Waals surface area contributed by atoms with Gasteiger partial charge >= 0.3 is 5.97 Å². The van der Waals surface area contributed by atoms with Gasteiger partial charge < -0.3 is 9.53 Å². The molecule has 0 saturated carbocycles. The predicted octanol–water partition coefficient (Wildman–Crippen LogP) is 2.38. The van der Waals surface area contributed by atoms with Gasteiger partial charge in [-0.05, 0) is 31.0 Å². The minimum absolute atomic E-state index is 0.509. The number of methoxy groups -OCH3 is 1. The molecule has 108 valence electrons. The number of ether oxygens (including phenoxy) is 1. The molecular formula is C16H16N2O3. The molecule has 0 amide bonds. The molecule has 1 aliphatic rings. The molecule has 1 atom stereocenters. The van der Waals surface area contributed by atoms with E-state index >= 15 is 0 Å². The molecule has 0 saturated heterocycles. The third-order valence-corrected chi connectivity index (χ3v) is 3.36. The summed E-state index contributed by atoms with van der Waals surface area (Å²) in [5, 5.41) is 0. The minimum atomic E-state index is -1.56. The molecule has 0 fully saturated rings. The van der Waals surface area contributed by atoms with Gasteiger partial charge in [-0.3, -0.25) is 4.79 Å². The Bertz CT molecular complexity index is 674. The molecule has 0 aromatic heterocycles. The second-order valence-corrected chi connectivity index (χ2v) is 4.73. The zero-order valence-electron chi connectivity index (χ0n) is 12.2. The Kier molecular flexibility index (Phi) is 4.12. The highest BCUT2D eigenvalue weighted by Crippen LogP contribution is 2.36. The first kappa shape index (κ1) is 14.8. The van der Waals surface area contributed by atoms with Crippen molar-refractivity contribution >= 4 is 36.6 Å². The Labute approximate surface area is 123 Å². The summed E-state index contributed by atoms with van der Waals surface area (Å²) in [5.41, 5.74) is 1.22. The number of carbonyl (C=O) groups excluding carboxylic acids is 2. The monoisotopic (exact) mass is 284 g/mol. The van der Waals surface area contributed by atoms with Crippen LogP contribution in [-0.4, -0.2) is 31.9 Å². The van der Waals surface area contributed by atoms with E-state index in [1.165, 1.54) is 19.7 Å². The van der Waals surface area contributed by atoms with E-state index in [1.807, 2.05) is 38.1 Å². The van der Waals surface area contributed by atoms with Gasteiger partial charge in [-0.25, -0.2) is 9.98 Å². The molecule has 0 aliphatic carbocycles. The van der Waals surface area contributed by atoms with Gasteiger partial charge in [0.1, 0.15) is 12.6 Å². The maximum absolute atomic E-state index is 12.2. The number of esters is 1. The molecule has 2 rings (SSSR count). The lowest BCUT2D eigenvalue weighted by Crippen LogP contribution is -2.41. The topological polar surface area (TPSA) is 68.1 Å². The van der Waals surface area contributed by atoms with E-state index < -0.39 is 11.4 Å². The van der Waals surface area contributed by atoms with Crippen molar-refractivity contribution in [2.45, 2.75) is 19.3 Å². The average molecular weight is 284 g/mol. The van der Waals surface area contributed by atoms with Crippen LogP contribution in [0.15, 0.2) is 28.2 Å². The van der Waals surface area contributed by atoms with Crippen LogP contribution in [0, 0.1) is 6.92 Å². The second-order valence-electron chi connectivity index (χ2n) is 4.73. The van der Waals surface area contributed by atoms with Crippen LogP contribution in [0.3, 0.4) is 0 Å². The standard InChI is InChI=1S/C16H16N2O3/c1-4-5-12-6-11(2)14-13(7-12)18-10-17-8-16(14,9-19)15(20)21-3/h4-10H,1-3H3/b5-4+. The molecular weight excluding hydrogens is 268 g/mol. The summed E-state index contributed by atoms with van der Waals surface area (Å²) in [6.45, 7) is 3.75. The van der Waals surface area contributed by atoms with Crippen molar-refractivity contribution in [3.8, 4) is 0 Å². The summed E-state index contributed by atoms with van der Waals surface area (Å²) in [4.78, 5) is 32.0. The summed E-state index contributed by atoms with van der Waals surface area (Å²) in [5.74, 6) is -0.671. The Morgan fingerprint density at radius 1 is 1.38 bits per heavy atom. The number of benzene rings is 1.